The number of aromatic nitrogens is 3. The number of hydrogen-bond acceptors (Lipinski definition) is 5. The number of aryl methyl sites for hydroxylation is 1. The highest BCUT2D eigenvalue weighted by Crippen LogP contribution is 2.43. The molecule has 41 heavy (non-hydrogen) atoms. The summed E-state index contributed by atoms with van der Waals surface area (Å²) < 4.78 is 14.5. The van der Waals surface area contributed by atoms with Gasteiger partial charge in [0.25, 0.3) is 5.91 Å². The summed E-state index contributed by atoms with van der Waals surface area (Å²) in [5, 5.41) is 0. The van der Waals surface area contributed by atoms with Gasteiger partial charge < -0.3 is 0 Å². The Labute approximate surface area is 241 Å². The number of carbonyl (C=O) groups excluding carboxylic acids is 1. The number of hydrogen-bond donors (Lipinski definition) is 0. The lowest BCUT2D eigenvalue weighted by atomic mass is 9.95. The van der Waals surface area contributed by atoms with E-state index >= 15 is 0 Å². The molecule has 1 aliphatic carbocycles. The Morgan fingerprint density at radius 1 is 1.17 bits per heavy atom. The van der Waals surface area contributed by atoms with Crippen LogP contribution in [0.2, 0.25) is 0 Å². The van der Waals surface area contributed by atoms with Crippen LogP contribution in [0.5, 0.6) is 0 Å². The van der Waals surface area contributed by atoms with Crippen molar-refractivity contribution < 1.29 is 9.18 Å². The lowest BCUT2D eigenvalue weighted by Crippen LogP contribution is -2.35. The molecule has 3 aliphatic rings. The first-order valence-electron chi connectivity index (χ1n) is 14.5. The van der Waals surface area contributed by atoms with E-state index in [2.05, 4.69) is 41.0 Å². The molecule has 3 fully saturated rings. The summed E-state index contributed by atoms with van der Waals surface area (Å²) in [5.41, 5.74) is 7.17. The number of piperidine rings is 1. The van der Waals surface area contributed by atoms with Crippen LogP contribution in [0.15, 0.2) is 78.8 Å². The number of carbonyl (C=O) groups is 1. The molecule has 1 aromatic carbocycles. The standard InChI is InChI=1S/C34H36FN5O/c1-21-6-5-11-39(17-21)18-22(2)12-29-24(4)19-40(34(29)41)32-14-26(13-31(38-32)25-7-8-25)28-10-9-27(35)15-30(28)33-23(3)16-36-20-37-33/h9-10,12-16,20-21,25H,2,4-8,11,17-19H2,1,3H3/b29-12+/t21-/m0/s1. The maximum absolute atomic E-state index is 14.5. The first-order chi connectivity index (χ1) is 19.8. The second kappa shape index (κ2) is 11.1. The number of halogens is 1. The van der Waals surface area contributed by atoms with Gasteiger partial charge >= 0.3 is 0 Å². The highest BCUT2D eigenvalue weighted by Gasteiger charge is 2.34. The Hall–Kier alpha value is -3.97. The maximum Gasteiger partial charge on any atom is 0.260 e. The predicted molar refractivity (Wildman–Crippen MR) is 161 cm³/mol. The average molecular weight is 550 g/mol. The fraction of sp³-hybridized carbons (Fsp3) is 0.353. The van der Waals surface area contributed by atoms with Crippen LogP contribution in [-0.4, -0.2) is 51.9 Å². The molecule has 4 heterocycles. The van der Waals surface area contributed by atoms with Gasteiger partial charge in [-0.05, 0) is 103 Å². The zero-order chi connectivity index (χ0) is 28.7. The normalized spacial score (nSPS) is 20.7. The number of likely N-dealkylation sites (tertiary alicyclic amines) is 1. The first kappa shape index (κ1) is 27.2. The topological polar surface area (TPSA) is 62.2 Å². The minimum absolute atomic E-state index is 0.111. The van der Waals surface area contributed by atoms with Crippen molar-refractivity contribution in [2.24, 2.45) is 5.92 Å². The fourth-order valence-corrected chi connectivity index (χ4v) is 6.02. The van der Waals surface area contributed by atoms with Gasteiger partial charge in [0.2, 0.25) is 0 Å². The van der Waals surface area contributed by atoms with Gasteiger partial charge in [0.1, 0.15) is 18.0 Å². The highest BCUT2D eigenvalue weighted by atomic mass is 19.1. The smallest absolute Gasteiger partial charge is 0.260 e. The van der Waals surface area contributed by atoms with Crippen LogP contribution in [0.4, 0.5) is 10.2 Å². The van der Waals surface area contributed by atoms with Crippen molar-refractivity contribution in [3.8, 4) is 22.4 Å². The van der Waals surface area contributed by atoms with E-state index in [9.17, 15) is 9.18 Å². The molecule has 2 aliphatic heterocycles. The number of benzene rings is 1. The van der Waals surface area contributed by atoms with E-state index in [0.717, 1.165) is 66.0 Å². The van der Waals surface area contributed by atoms with Gasteiger partial charge in [0.05, 0.1) is 12.2 Å². The largest absolute Gasteiger partial charge is 0.299 e. The zero-order valence-corrected chi connectivity index (χ0v) is 23.9. The Morgan fingerprint density at radius 2 is 2.00 bits per heavy atom. The number of pyridine rings is 1. The summed E-state index contributed by atoms with van der Waals surface area (Å²) in [5.74, 6) is 1.19. The Kier molecular flexibility index (Phi) is 7.39. The molecular weight excluding hydrogens is 513 g/mol. The van der Waals surface area contributed by atoms with Crippen molar-refractivity contribution in [2.45, 2.75) is 45.4 Å². The molecule has 2 saturated heterocycles. The van der Waals surface area contributed by atoms with Crippen LogP contribution < -0.4 is 4.90 Å². The molecule has 2 aromatic heterocycles. The second-order valence-electron chi connectivity index (χ2n) is 11.9. The summed E-state index contributed by atoms with van der Waals surface area (Å²) >= 11 is 0. The average Bonchev–Trinajstić information content (AvgIpc) is 3.76. The SMILES string of the molecule is C=C(/C=C1\C(=C)CN(c2cc(-c3ccc(F)cc3-c3ncncc3C)cc(C3CC3)n2)C1=O)CN1CCC[C@H](C)C1. The van der Waals surface area contributed by atoms with Crippen molar-refractivity contribution in [3.63, 3.8) is 0 Å². The first-order valence-corrected chi connectivity index (χ1v) is 14.5. The van der Waals surface area contributed by atoms with Gasteiger partial charge in [-0.1, -0.05) is 26.1 Å². The monoisotopic (exact) mass is 549 g/mol. The third-order valence-electron chi connectivity index (χ3n) is 8.27. The lowest BCUT2D eigenvalue weighted by Gasteiger charge is -2.30. The van der Waals surface area contributed by atoms with Gasteiger partial charge in [0.15, 0.2) is 0 Å². The van der Waals surface area contributed by atoms with Crippen LogP contribution in [0.25, 0.3) is 22.4 Å². The zero-order valence-electron chi connectivity index (χ0n) is 23.9. The molecule has 6 rings (SSSR count). The van der Waals surface area contributed by atoms with Crippen molar-refractivity contribution in [2.75, 3.05) is 31.1 Å². The summed E-state index contributed by atoms with van der Waals surface area (Å²) in [6.45, 7) is 16.0. The Morgan fingerprint density at radius 3 is 2.76 bits per heavy atom. The van der Waals surface area contributed by atoms with E-state index in [1.54, 1.807) is 17.2 Å². The van der Waals surface area contributed by atoms with Crippen LogP contribution in [0, 0.1) is 18.7 Å². The number of amides is 1. The molecule has 3 aromatic rings. The summed E-state index contributed by atoms with van der Waals surface area (Å²) in [4.78, 5) is 31.4. The van der Waals surface area contributed by atoms with Crippen LogP contribution in [0.1, 0.15) is 49.8 Å². The minimum Gasteiger partial charge on any atom is -0.299 e. The predicted octanol–water partition coefficient (Wildman–Crippen LogP) is 6.65. The lowest BCUT2D eigenvalue weighted by molar-refractivity contribution is -0.114. The van der Waals surface area contributed by atoms with Gasteiger partial charge in [0, 0.05) is 42.0 Å². The Bertz CT molecular complexity index is 1570. The minimum atomic E-state index is -0.335. The molecule has 1 atom stereocenters. The third-order valence-corrected chi connectivity index (χ3v) is 8.27. The van der Waals surface area contributed by atoms with E-state index in [0.29, 0.717) is 41.0 Å². The van der Waals surface area contributed by atoms with E-state index in [1.807, 2.05) is 19.1 Å². The number of nitrogens with zero attached hydrogens (tertiary/aromatic N) is 5. The molecule has 7 heteroatoms. The van der Waals surface area contributed by atoms with E-state index < -0.39 is 0 Å². The van der Waals surface area contributed by atoms with E-state index in [-0.39, 0.29) is 11.7 Å². The quantitative estimate of drug-likeness (QED) is 0.309. The maximum atomic E-state index is 14.5. The third kappa shape index (κ3) is 5.77. The number of rotatable bonds is 7. The molecule has 0 radical (unpaired) electrons. The highest BCUT2D eigenvalue weighted by molar-refractivity contribution is 6.12. The van der Waals surface area contributed by atoms with Crippen molar-refractivity contribution in [3.05, 3.63) is 95.9 Å². The van der Waals surface area contributed by atoms with Gasteiger partial charge in [-0.2, -0.15) is 0 Å². The number of anilines is 1. The molecule has 210 valence electrons. The van der Waals surface area contributed by atoms with Crippen molar-refractivity contribution in [1.82, 2.24) is 19.9 Å². The van der Waals surface area contributed by atoms with Crippen molar-refractivity contribution in [1.29, 1.82) is 0 Å². The molecule has 0 unspecified atom stereocenters. The van der Waals surface area contributed by atoms with Crippen LogP contribution >= 0.6 is 0 Å². The Balaban J connectivity index is 1.34. The van der Waals surface area contributed by atoms with Gasteiger partial charge in [-0.15, -0.1) is 0 Å². The van der Waals surface area contributed by atoms with Gasteiger partial charge in [-0.25, -0.2) is 19.3 Å². The summed E-state index contributed by atoms with van der Waals surface area (Å²) in [6.07, 6.45) is 9.71. The molecule has 0 bridgehead atoms. The van der Waals surface area contributed by atoms with E-state index in [4.69, 9.17) is 4.98 Å². The molecule has 6 nitrogen and oxygen atoms in total. The molecule has 1 amide bonds. The molecular formula is C34H36FN5O. The van der Waals surface area contributed by atoms with Crippen LogP contribution in [0.3, 0.4) is 0 Å². The van der Waals surface area contributed by atoms with Crippen LogP contribution in [-0.2, 0) is 4.79 Å². The molecule has 0 spiro atoms. The summed E-state index contributed by atoms with van der Waals surface area (Å²) in [6, 6.07) is 8.76. The van der Waals surface area contributed by atoms with E-state index in [1.165, 1.54) is 31.3 Å². The molecule has 0 N–H and O–H groups in total. The van der Waals surface area contributed by atoms with Gasteiger partial charge in [-0.3, -0.25) is 14.6 Å². The molecule has 1 saturated carbocycles. The summed E-state index contributed by atoms with van der Waals surface area (Å²) in [7, 11) is 0. The fourth-order valence-electron chi connectivity index (χ4n) is 6.02. The van der Waals surface area contributed by atoms with Crippen molar-refractivity contribution >= 4 is 11.7 Å². The second-order valence-corrected chi connectivity index (χ2v) is 11.9.